The molecule has 4 heteroatoms. The molecular formula is C18H21NO2S. The molecule has 1 amide bonds. The molecule has 0 fully saturated rings. The molecule has 0 heterocycles. The topological polar surface area (TPSA) is 29.5 Å². The number of ether oxygens (including phenoxy) is 1. The molecule has 3 nitrogen and oxygen atoms in total. The Balaban J connectivity index is 1.84. The highest BCUT2D eigenvalue weighted by Crippen LogP contribution is 2.19. The van der Waals surface area contributed by atoms with Crippen LogP contribution in [0.2, 0.25) is 0 Å². The summed E-state index contributed by atoms with van der Waals surface area (Å²) in [4.78, 5) is 15.1. The predicted molar refractivity (Wildman–Crippen MR) is 91.4 cm³/mol. The fourth-order valence-electron chi connectivity index (χ4n) is 1.98. The van der Waals surface area contributed by atoms with Gasteiger partial charge in [0.15, 0.2) is 0 Å². The summed E-state index contributed by atoms with van der Waals surface area (Å²) >= 11 is 1.57. The van der Waals surface area contributed by atoms with E-state index < -0.39 is 0 Å². The Morgan fingerprint density at radius 2 is 1.73 bits per heavy atom. The molecule has 0 bridgehead atoms. The molecule has 2 aromatic rings. The molecule has 0 radical (unpaired) electrons. The Morgan fingerprint density at radius 3 is 2.32 bits per heavy atom. The van der Waals surface area contributed by atoms with Crippen molar-refractivity contribution in [2.24, 2.45) is 0 Å². The first-order chi connectivity index (χ1) is 10.6. The van der Waals surface area contributed by atoms with Crippen molar-refractivity contribution < 1.29 is 9.53 Å². The number of hydrogen-bond donors (Lipinski definition) is 0. The summed E-state index contributed by atoms with van der Waals surface area (Å²) in [5.41, 5.74) is 2.32. The molecule has 0 aliphatic carbocycles. The maximum Gasteiger partial charge on any atom is 0.232 e. The molecule has 0 spiro atoms. The molecule has 0 aliphatic rings. The lowest BCUT2D eigenvalue weighted by molar-refractivity contribution is -0.127. The quantitative estimate of drug-likeness (QED) is 0.760. The van der Waals surface area contributed by atoms with Gasteiger partial charge in [-0.15, -0.1) is 11.8 Å². The van der Waals surface area contributed by atoms with E-state index in [1.807, 2.05) is 31.3 Å². The lowest BCUT2D eigenvalue weighted by Gasteiger charge is -2.17. The Kier molecular flexibility index (Phi) is 5.90. The second kappa shape index (κ2) is 7.90. The van der Waals surface area contributed by atoms with Crippen LogP contribution in [-0.4, -0.2) is 30.7 Å². The SMILES string of the molecule is COc1ccc(CN(C)C(=O)CSc2ccc(C)cc2)cc1. The molecule has 2 rings (SSSR count). The van der Waals surface area contributed by atoms with Gasteiger partial charge in [-0.05, 0) is 36.8 Å². The average Bonchev–Trinajstić information content (AvgIpc) is 2.54. The van der Waals surface area contributed by atoms with Crippen molar-refractivity contribution in [1.29, 1.82) is 0 Å². The summed E-state index contributed by atoms with van der Waals surface area (Å²) in [5.74, 6) is 1.41. The second-order valence-electron chi connectivity index (χ2n) is 5.20. The van der Waals surface area contributed by atoms with Crippen molar-refractivity contribution in [3.8, 4) is 5.75 Å². The van der Waals surface area contributed by atoms with E-state index in [1.54, 1.807) is 23.8 Å². The van der Waals surface area contributed by atoms with Gasteiger partial charge in [-0.1, -0.05) is 29.8 Å². The van der Waals surface area contributed by atoms with Crippen molar-refractivity contribution in [2.45, 2.75) is 18.4 Å². The molecule has 0 saturated carbocycles. The minimum absolute atomic E-state index is 0.126. The van der Waals surface area contributed by atoms with Gasteiger partial charge in [0.05, 0.1) is 12.9 Å². The molecule has 116 valence electrons. The van der Waals surface area contributed by atoms with E-state index in [9.17, 15) is 4.79 Å². The van der Waals surface area contributed by atoms with Gasteiger partial charge < -0.3 is 9.64 Å². The number of amides is 1. The number of benzene rings is 2. The maximum atomic E-state index is 12.2. The molecule has 0 aliphatic heterocycles. The summed E-state index contributed by atoms with van der Waals surface area (Å²) in [6, 6.07) is 16.0. The van der Waals surface area contributed by atoms with Crippen LogP contribution in [0.1, 0.15) is 11.1 Å². The van der Waals surface area contributed by atoms with Gasteiger partial charge in [0.1, 0.15) is 5.75 Å². The first-order valence-electron chi connectivity index (χ1n) is 7.15. The highest BCUT2D eigenvalue weighted by atomic mass is 32.2. The number of hydrogen-bond acceptors (Lipinski definition) is 3. The van der Waals surface area contributed by atoms with Crippen LogP contribution in [0.5, 0.6) is 5.75 Å². The Labute approximate surface area is 136 Å². The molecule has 0 aromatic heterocycles. The van der Waals surface area contributed by atoms with E-state index in [4.69, 9.17) is 4.74 Å². The van der Waals surface area contributed by atoms with E-state index in [1.165, 1.54) is 5.56 Å². The number of carbonyl (C=O) groups excluding carboxylic acids is 1. The lowest BCUT2D eigenvalue weighted by Crippen LogP contribution is -2.27. The zero-order valence-corrected chi connectivity index (χ0v) is 14.0. The Bertz CT molecular complexity index is 608. The summed E-state index contributed by atoms with van der Waals surface area (Å²) in [6.07, 6.45) is 0. The zero-order valence-electron chi connectivity index (χ0n) is 13.2. The fourth-order valence-corrected chi connectivity index (χ4v) is 2.82. The number of rotatable bonds is 6. The highest BCUT2D eigenvalue weighted by molar-refractivity contribution is 8.00. The second-order valence-corrected chi connectivity index (χ2v) is 6.25. The molecule has 2 aromatic carbocycles. The molecule has 0 saturated heterocycles. The number of thioether (sulfide) groups is 1. The lowest BCUT2D eigenvalue weighted by atomic mass is 10.2. The van der Waals surface area contributed by atoms with Crippen molar-refractivity contribution in [2.75, 3.05) is 19.9 Å². The third kappa shape index (κ3) is 4.81. The first-order valence-corrected chi connectivity index (χ1v) is 8.13. The van der Waals surface area contributed by atoms with E-state index in [-0.39, 0.29) is 5.91 Å². The van der Waals surface area contributed by atoms with Crippen LogP contribution in [0.3, 0.4) is 0 Å². The third-order valence-electron chi connectivity index (χ3n) is 3.39. The van der Waals surface area contributed by atoms with Gasteiger partial charge in [-0.25, -0.2) is 0 Å². The van der Waals surface area contributed by atoms with Crippen molar-refractivity contribution >= 4 is 17.7 Å². The van der Waals surface area contributed by atoms with Crippen LogP contribution >= 0.6 is 11.8 Å². The Hall–Kier alpha value is -1.94. The van der Waals surface area contributed by atoms with Crippen LogP contribution in [0.15, 0.2) is 53.4 Å². The van der Waals surface area contributed by atoms with Gasteiger partial charge in [-0.3, -0.25) is 4.79 Å². The van der Waals surface area contributed by atoms with Crippen molar-refractivity contribution in [3.05, 3.63) is 59.7 Å². The number of methoxy groups -OCH3 is 1. The van der Waals surface area contributed by atoms with Crippen LogP contribution in [-0.2, 0) is 11.3 Å². The fraction of sp³-hybridized carbons (Fsp3) is 0.278. The van der Waals surface area contributed by atoms with Gasteiger partial charge in [0.25, 0.3) is 0 Å². The van der Waals surface area contributed by atoms with E-state index in [0.29, 0.717) is 12.3 Å². The Morgan fingerprint density at radius 1 is 1.09 bits per heavy atom. The van der Waals surface area contributed by atoms with Crippen LogP contribution in [0, 0.1) is 6.92 Å². The highest BCUT2D eigenvalue weighted by Gasteiger charge is 2.10. The van der Waals surface area contributed by atoms with E-state index >= 15 is 0 Å². The van der Waals surface area contributed by atoms with Gasteiger partial charge in [0.2, 0.25) is 5.91 Å². The molecule has 0 unspecified atom stereocenters. The molecule has 0 atom stereocenters. The first kappa shape index (κ1) is 16.4. The van der Waals surface area contributed by atoms with Gasteiger partial charge in [-0.2, -0.15) is 0 Å². The van der Waals surface area contributed by atoms with Crippen molar-refractivity contribution in [3.63, 3.8) is 0 Å². The zero-order chi connectivity index (χ0) is 15.9. The normalized spacial score (nSPS) is 10.3. The minimum atomic E-state index is 0.126. The van der Waals surface area contributed by atoms with Gasteiger partial charge >= 0.3 is 0 Å². The van der Waals surface area contributed by atoms with Crippen LogP contribution in [0.4, 0.5) is 0 Å². The maximum absolute atomic E-state index is 12.2. The molecule has 22 heavy (non-hydrogen) atoms. The van der Waals surface area contributed by atoms with E-state index in [2.05, 4.69) is 31.2 Å². The summed E-state index contributed by atoms with van der Waals surface area (Å²) < 4.78 is 5.13. The monoisotopic (exact) mass is 315 g/mol. The summed E-state index contributed by atoms with van der Waals surface area (Å²) in [5, 5.41) is 0. The number of aryl methyl sites for hydroxylation is 1. The van der Waals surface area contributed by atoms with Crippen LogP contribution < -0.4 is 4.74 Å². The van der Waals surface area contributed by atoms with Crippen molar-refractivity contribution in [1.82, 2.24) is 4.90 Å². The van der Waals surface area contributed by atoms with Gasteiger partial charge in [0, 0.05) is 18.5 Å². The summed E-state index contributed by atoms with van der Waals surface area (Å²) in [6.45, 7) is 2.67. The average molecular weight is 315 g/mol. The van der Waals surface area contributed by atoms with E-state index in [0.717, 1.165) is 16.2 Å². The minimum Gasteiger partial charge on any atom is -0.497 e. The molecular weight excluding hydrogens is 294 g/mol. The largest absolute Gasteiger partial charge is 0.497 e. The predicted octanol–water partition coefficient (Wildman–Crippen LogP) is 3.75. The number of carbonyl (C=O) groups is 1. The number of nitrogens with zero attached hydrogens (tertiary/aromatic N) is 1. The third-order valence-corrected chi connectivity index (χ3v) is 4.38. The van der Waals surface area contributed by atoms with Crippen LogP contribution in [0.25, 0.3) is 0 Å². The standard InChI is InChI=1S/C18H21NO2S/c1-14-4-10-17(11-5-14)22-13-18(20)19(2)12-15-6-8-16(21-3)9-7-15/h4-11H,12-13H2,1-3H3. The summed E-state index contributed by atoms with van der Waals surface area (Å²) in [7, 11) is 3.48. The molecule has 0 N–H and O–H groups in total. The smallest absolute Gasteiger partial charge is 0.232 e.